The first-order chi connectivity index (χ1) is 22.9. The number of hydrogen-bond acceptors (Lipinski definition) is 0. The van der Waals surface area contributed by atoms with E-state index < -0.39 is 0 Å². The first kappa shape index (κ1) is 32.6. The highest BCUT2D eigenvalue weighted by molar-refractivity contribution is 6.72. The number of benzene rings is 7. The van der Waals surface area contributed by atoms with E-state index >= 15 is 0 Å². The number of rotatable bonds is 3. The molecule has 0 atom stereocenters. The van der Waals surface area contributed by atoms with Gasteiger partial charge in [-0.2, -0.15) is 0 Å². The van der Waals surface area contributed by atoms with Crippen molar-refractivity contribution in [2.24, 2.45) is 0 Å². The zero-order chi connectivity index (χ0) is 34.3. The molecule has 0 bridgehead atoms. The Kier molecular flexibility index (Phi) is 8.10. The highest BCUT2D eigenvalue weighted by Crippen LogP contribution is 2.41. The summed E-state index contributed by atoms with van der Waals surface area (Å²) in [5.74, 6) is 0. The summed E-state index contributed by atoms with van der Waals surface area (Å²) in [6.45, 7) is 0. The minimum Gasteiger partial charge on any atom is -0.110 e. The molecule has 0 aliphatic rings. The van der Waals surface area contributed by atoms with Crippen molar-refractivity contribution >= 4 is 192 Å². The summed E-state index contributed by atoms with van der Waals surface area (Å²) >= 11 is 0. The molecule has 0 N–H and O–H groups in total. The molecule has 0 saturated carbocycles. The van der Waals surface area contributed by atoms with Crippen LogP contribution in [0.25, 0.3) is 65.7 Å². The van der Waals surface area contributed by atoms with Gasteiger partial charge in [0.05, 0.1) is 0 Å². The molecule has 0 spiro atoms. The molecule has 7 aromatic rings. The Hall–Kier alpha value is -3.90. The van der Waals surface area contributed by atoms with Gasteiger partial charge in [0.2, 0.25) is 0 Å². The Morgan fingerprint density at radius 3 is 1.17 bits per heavy atom. The zero-order valence-electron chi connectivity index (χ0n) is 25.9. The van der Waals surface area contributed by atoms with Crippen molar-refractivity contribution in [2.75, 3.05) is 0 Å². The summed E-state index contributed by atoms with van der Waals surface area (Å²) in [5, 5.41) is 3.41. The Bertz CT molecular complexity index is 2410. The smallest absolute Gasteiger partial charge is 0.110 e. The van der Waals surface area contributed by atoms with Gasteiger partial charge >= 0.3 is 0 Å². The maximum Gasteiger partial charge on any atom is 0.113 e. The average Bonchev–Trinajstić information content (AvgIpc) is 3.10. The Balaban J connectivity index is 1.83. The Morgan fingerprint density at radius 1 is 0.271 bits per heavy atom. The first-order valence-electron chi connectivity index (χ1n) is 14.9. The van der Waals surface area contributed by atoms with Crippen molar-refractivity contribution in [1.82, 2.24) is 0 Å². The summed E-state index contributed by atoms with van der Waals surface area (Å²) < 4.78 is 0. The van der Waals surface area contributed by atoms with E-state index in [1.165, 1.54) is 0 Å². The summed E-state index contributed by atoms with van der Waals surface area (Å²) in [6.07, 6.45) is 0. The fourth-order valence-corrected chi connectivity index (χ4v) is 6.92. The standard InChI is InChI=1S/C36H12B12/c37-25-17(14-8-2-1-3-9-14)26(38)32(44)24(31(25)43)19-22-20(27(39)33(45)35(47)29(22)41)18(16-12-6-10-13-7-4-5-11-15(13)16)21-23(19)30(42)36(48)34(46)28(21)40/h1-12H. The maximum absolute atomic E-state index is 6.92. The third-order valence-electron chi connectivity index (χ3n) is 9.35. The van der Waals surface area contributed by atoms with E-state index in [1.807, 2.05) is 72.8 Å². The van der Waals surface area contributed by atoms with E-state index in [0.717, 1.165) is 21.9 Å². The van der Waals surface area contributed by atoms with Crippen molar-refractivity contribution < 1.29 is 0 Å². The van der Waals surface area contributed by atoms with Gasteiger partial charge in [-0.05, 0) is 65.7 Å². The normalized spacial score (nSPS) is 11.5. The lowest BCUT2D eigenvalue weighted by Gasteiger charge is -2.31. The second kappa shape index (κ2) is 11.9. The van der Waals surface area contributed by atoms with Crippen LogP contribution in [-0.4, -0.2) is 94.2 Å². The minimum absolute atomic E-state index is 0.0541. The molecule has 0 fully saturated rings. The van der Waals surface area contributed by atoms with Gasteiger partial charge in [-0.3, -0.25) is 0 Å². The predicted molar refractivity (Wildman–Crippen MR) is 220 cm³/mol. The van der Waals surface area contributed by atoms with Crippen LogP contribution in [0.4, 0.5) is 0 Å². The van der Waals surface area contributed by atoms with Gasteiger partial charge in [-0.1, -0.05) is 116 Å². The van der Waals surface area contributed by atoms with E-state index in [-0.39, 0.29) is 71.1 Å². The maximum atomic E-state index is 6.92. The van der Waals surface area contributed by atoms with Crippen LogP contribution in [0.3, 0.4) is 0 Å². The van der Waals surface area contributed by atoms with Crippen molar-refractivity contribution in [3.63, 3.8) is 0 Å². The van der Waals surface area contributed by atoms with Gasteiger partial charge < -0.3 is 0 Å². The Morgan fingerprint density at radius 2 is 0.667 bits per heavy atom. The molecule has 0 nitrogen and oxygen atoms in total. The lowest BCUT2D eigenvalue weighted by molar-refractivity contribution is 1.69. The highest BCUT2D eigenvalue weighted by Gasteiger charge is 2.27. The molecule has 0 aliphatic carbocycles. The summed E-state index contributed by atoms with van der Waals surface area (Å²) in [6, 6.07) is 23.0. The fraction of sp³-hybridized carbons (Fsp3) is 0. The van der Waals surface area contributed by atoms with Gasteiger partial charge in [0.1, 0.15) is 94.2 Å². The molecule has 0 heterocycles. The molecule has 0 unspecified atom stereocenters. The lowest BCUT2D eigenvalue weighted by Crippen LogP contribution is -2.50. The first-order valence-corrected chi connectivity index (χ1v) is 14.9. The molecular formula is C36H12B12. The van der Waals surface area contributed by atoms with Crippen molar-refractivity contribution in [1.29, 1.82) is 0 Å². The molecule has 0 amide bonds. The van der Waals surface area contributed by atoms with Crippen molar-refractivity contribution in [3.05, 3.63) is 72.8 Å². The lowest BCUT2D eigenvalue weighted by atomic mass is 9.57. The van der Waals surface area contributed by atoms with E-state index in [4.69, 9.17) is 94.2 Å². The highest BCUT2D eigenvalue weighted by atomic mass is 14.3. The SMILES string of the molecule is [B]c1c([B])c(-c2c3c([B])c([B])c([B])c([B])c3c(-c3cccc4ccccc34)c3c([B])c([B])c([B])c([B])c23)c([B])c([B])c1-c1ccccc1. The third kappa shape index (κ3) is 4.54. The van der Waals surface area contributed by atoms with Crippen LogP contribution in [-0.2, 0) is 0 Å². The van der Waals surface area contributed by atoms with Crippen LogP contribution in [0.2, 0.25) is 0 Å². The summed E-state index contributed by atoms with van der Waals surface area (Å²) in [4.78, 5) is 0. The van der Waals surface area contributed by atoms with Crippen LogP contribution >= 0.6 is 0 Å². The molecule has 24 radical (unpaired) electrons. The topological polar surface area (TPSA) is 0 Å². The van der Waals surface area contributed by atoms with Gasteiger partial charge in [-0.15, -0.1) is 21.9 Å². The minimum atomic E-state index is 0.0541. The second-order valence-electron chi connectivity index (χ2n) is 11.9. The monoisotopic (exact) mass is 576 g/mol. The molecule has 7 rings (SSSR count). The molecule has 7 aromatic carbocycles. The molecule has 0 saturated heterocycles. The van der Waals surface area contributed by atoms with Crippen molar-refractivity contribution in [2.45, 2.75) is 0 Å². The molecule has 192 valence electrons. The van der Waals surface area contributed by atoms with Gasteiger partial charge in [0.25, 0.3) is 0 Å². The molecule has 0 aliphatic heterocycles. The Labute approximate surface area is 296 Å². The summed E-state index contributed by atoms with van der Waals surface area (Å²) in [7, 11) is 81.1. The second-order valence-corrected chi connectivity index (χ2v) is 11.9. The van der Waals surface area contributed by atoms with Gasteiger partial charge in [0, 0.05) is 0 Å². The largest absolute Gasteiger partial charge is 0.113 e. The average molecular weight is 574 g/mol. The van der Waals surface area contributed by atoms with Crippen LogP contribution in [0, 0.1) is 0 Å². The number of fused-ring (bicyclic) bond motifs is 3. The van der Waals surface area contributed by atoms with E-state index in [9.17, 15) is 0 Å². The van der Waals surface area contributed by atoms with E-state index in [2.05, 4.69) is 0 Å². The van der Waals surface area contributed by atoms with E-state index in [0.29, 0.717) is 38.2 Å². The van der Waals surface area contributed by atoms with Crippen LogP contribution in [0.1, 0.15) is 0 Å². The van der Waals surface area contributed by atoms with Gasteiger partial charge in [-0.25, -0.2) is 0 Å². The molecule has 0 aromatic heterocycles. The third-order valence-corrected chi connectivity index (χ3v) is 9.35. The zero-order valence-corrected chi connectivity index (χ0v) is 25.9. The van der Waals surface area contributed by atoms with Crippen molar-refractivity contribution in [3.8, 4) is 33.4 Å². The van der Waals surface area contributed by atoms with E-state index in [1.54, 1.807) is 0 Å². The summed E-state index contributed by atoms with van der Waals surface area (Å²) in [5.41, 5.74) is 4.46. The van der Waals surface area contributed by atoms with Crippen LogP contribution in [0.15, 0.2) is 72.8 Å². The predicted octanol–water partition coefficient (Wildman–Crippen LogP) is -4.33. The molecule has 48 heavy (non-hydrogen) atoms. The fourth-order valence-electron chi connectivity index (χ4n) is 6.92. The van der Waals surface area contributed by atoms with Gasteiger partial charge in [0.15, 0.2) is 0 Å². The number of hydrogen-bond donors (Lipinski definition) is 0. The molecule has 12 heteroatoms. The molecular weight excluding hydrogens is 562 g/mol. The van der Waals surface area contributed by atoms with Crippen LogP contribution < -0.4 is 65.6 Å². The van der Waals surface area contributed by atoms with Crippen LogP contribution in [0.5, 0.6) is 0 Å². The quantitative estimate of drug-likeness (QED) is 0.148.